The molecule has 1 aliphatic carbocycles. The molecule has 0 spiro atoms. The van der Waals surface area contributed by atoms with Crippen molar-refractivity contribution in [3.8, 4) is 0 Å². The molecule has 3 atom stereocenters. The summed E-state index contributed by atoms with van der Waals surface area (Å²) in [5.41, 5.74) is 5.53. The van der Waals surface area contributed by atoms with Crippen molar-refractivity contribution in [1.82, 2.24) is 10.2 Å². The number of nitrogens with one attached hydrogen (secondary N) is 1. The molecule has 0 bridgehead atoms. The Hall–Kier alpha value is -0.610. The fourth-order valence-electron chi connectivity index (χ4n) is 3.66. The molecular weight excluding hydrogens is 214 g/mol. The molecule has 2 rings (SSSR count). The standard InChI is InChI=1S/C13H25N3O/c1-9-4-3-5-10(2)12(9)16-7-6-15-8-11(16)13(14)17/h9-12,15H,3-8H2,1-2H3,(H2,14,17). The van der Waals surface area contributed by atoms with Crippen molar-refractivity contribution >= 4 is 5.91 Å². The van der Waals surface area contributed by atoms with Crippen LogP contribution in [0.1, 0.15) is 33.1 Å². The summed E-state index contributed by atoms with van der Waals surface area (Å²) >= 11 is 0. The van der Waals surface area contributed by atoms with E-state index in [4.69, 9.17) is 5.73 Å². The number of piperazine rings is 1. The van der Waals surface area contributed by atoms with Crippen LogP contribution in [0.5, 0.6) is 0 Å². The number of carbonyl (C=O) groups excluding carboxylic acids is 1. The first-order chi connectivity index (χ1) is 8.11. The number of amides is 1. The molecule has 0 radical (unpaired) electrons. The van der Waals surface area contributed by atoms with Gasteiger partial charge in [0.2, 0.25) is 5.91 Å². The highest BCUT2D eigenvalue weighted by atomic mass is 16.1. The van der Waals surface area contributed by atoms with E-state index in [0.29, 0.717) is 24.4 Å². The smallest absolute Gasteiger partial charge is 0.236 e. The SMILES string of the molecule is CC1CCCC(C)C1N1CCNCC1C(N)=O. The fourth-order valence-corrected chi connectivity index (χ4v) is 3.66. The number of hydrogen-bond acceptors (Lipinski definition) is 3. The molecule has 1 saturated carbocycles. The van der Waals surface area contributed by atoms with Crippen LogP contribution in [0.25, 0.3) is 0 Å². The van der Waals surface area contributed by atoms with Crippen LogP contribution in [0.3, 0.4) is 0 Å². The van der Waals surface area contributed by atoms with E-state index in [-0.39, 0.29) is 11.9 Å². The number of primary amides is 1. The largest absolute Gasteiger partial charge is 0.368 e. The van der Waals surface area contributed by atoms with Gasteiger partial charge in [0.05, 0.1) is 0 Å². The van der Waals surface area contributed by atoms with Crippen LogP contribution >= 0.6 is 0 Å². The molecular formula is C13H25N3O. The molecule has 2 aliphatic rings. The van der Waals surface area contributed by atoms with E-state index in [1.807, 2.05) is 0 Å². The summed E-state index contributed by atoms with van der Waals surface area (Å²) in [6, 6.07) is 0.417. The lowest BCUT2D eigenvalue weighted by Gasteiger charge is -2.47. The topological polar surface area (TPSA) is 58.4 Å². The zero-order chi connectivity index (χ0) is 12.4. The predicted molar refractivity (Wildman–Crippen MR) is 68.5 cm³/mol. The summed E-state index contributed by atoms with van der Waals surface area (Å²) in [5.74, 6) is 1.18. The summed E-state index contributed by atoms with van der Waals surface area (Å²) < 4.78 is 0. The van der Waals surface area contributed by atoms with Crippen LogP contribution in [0.2, 0.25) is 0 Å². The second-order valence-electron chi connectivity index (χ2n) is 5.74. The first kappa shape index (κ1) is 12.8. The number of carbonyl (C=O) groups is 1. The average molecular weight is 239 g/mol. The van der Waals surface area contributed by atoms with Gasteiger partial charge in [-0.2, -0.15) is 0 Å². The first-order valence-electron chi connectivity index (χ1n) is 6.87. The van der Waals surface area contributed by atoms with Gasteiger partial charge in [-0.25, -0.2) is 0 Å². The van der Waals surface area contributed by atoms with Crippen molar-refractivity contribution < 1.29 is 4.79 Å². The summed E-state index contributed by atoms with van der Waals surface area (Å²) in [5, 5.41) is 3.27. The molecule has 1 heterocycles. The van der Waals surface area contributed by atoms with E-state index < -0.39 is 0 Å². The number of nitrogens with two attached hydrogens (primary N) is 1. The molecule has 1 saturated heterocycles. The van der Waals surface area contributed by atoms with Gasteiger partial charge in [0.1, 0.15) is 6.04 Å². The van der Waals surface area contributed by atoms with E-state index in [9.17, 15) is 4.79 Å². The zero-order valence-electron chi connectivity index (χ0n) is 11.0. The maximum absolute atomic E-state index is 11.6. The second kappa shape index (κ2) is 5.36. The van der Waals surface area contributed by atoms with Crippen molar-refractivity contribution in [3.63, 3.8) is 0 Å². The van der Waals surface area contributed by atoms with Gasteiger partial charge in [0.25, 0.3) is 0 Å². The fraction of sp³-hybridized carbons (Fsp3) is 0.923. The Kier molecular flexibility index (Phi) is 4.05. The monoisotopic (exact) mass is 239 g/mol. The van der Waals surface area contributed by atoms with Gasteiger partial charge in [-0.15, -0.1) is 0 Å². The van der Waals surface area contributed by atoms with E-state index in [0.717, 1.165) is 13.1 Å². The van der Waals surface area contributed by atoms with Crippen LogP contribution in [0.4, 0.5) is 0 Å². The average Bonchev–Trinajstić information content (AvgIpc) is 2.29. The highest BCUT2D eigenvalue weighted by molar-refractivity contribution is 5.80. The van der Waals surface area contributed by atoms with E-state index in [1.165, 1.54) is 19.3 Å². The Morgan fingerprint density at radius 2 is 1.94 bits per heavy atom. The van der Waals surface area contributed by atoms with Crippen molar-refractivity contribution in [2.75, 3.05) is 19.6 Å². The highest BCUT2D eigenvalue weighted by Crippen LogP contribution is 2.33. The van der Waals surface area contributed by atoms with Crippen LogP contribution in [-0.4, -0.2) is 42.5 Å². The van der Waals surface area contributed by atoms with Gasteiger partial charge < -0.3 is 11.1 Å². The van der Waals surface area contributed by atoms with Gasteiger partial charge >= 0.3 is 0 Å². The summed E-state index contributed by atoms with van der Waals surface area (Å²) in [4.78, 5) is 13.9. The van der Waals surface area contributed by atoms with Gasteiger partial charge in [0, 0.05) is 25.7 Å². The minimum absolute atomic E-state index is 0.114. The third-order valence-corrected chi connectivity index (χ3v) is 4.48. The molecule has 3 N–H and O–H groups in total. The van der Waals surface area contributed by atoms with Crippen LogP contribution in [0.15, 0.2) is 0 Å². The quantitative estimate of drug-likeness (QED) is 0.741. The Balaban J connectivity index is 2.13. The maximum atomic E-state index is 11.6. The van der Waals surface area contributed by atoms with Crippen LogP contribution in [-0.2, 0) is 4.79 Å². The Morgan fingerprint density at radius 3 is 2.53 bits per heavy atom. The maximum Gasteiger partial charge on any atom is 0.236 e. The molecule has 1 aliphatic heterocycles. The first-order valence-corrected chi connectivity index (χ1v) is 6.87. The number of rotatable bonds is 2. The van der Waals surface area contributed by atoms with Gasteiger partial charge in [-0.1, -0.05) is 20.3 Å². The molecule has 0 aromatic carbocycles. The third kappa shape index (κ3) is 2.63. The van der Waals surface area contributed by atoms with Gasteiger partial charge in [-0.3, -0.25) is 9.69 Å². The van der Waals surface area contributed by atoms with Crippen molar-refractivity contribution in [1.29, 1.82) is 0 Å². The lowest BCUT2D eigenvalue weighted by atomic mass is 9.77. The minimum Gasteiger partial charge on any atom is -0.368 e. The third-order valence-electron chi connectivity index (χ3n) is 4.48. The molecule has 17 heavy (non-hydrogen) atoms. The van der Waals surface area contributed by atoms with Crippen molar-refractivity contribution in [2.24, 2.45) is 17.6 Å². The minimum atomic E-state index is -0.179. The van der Waals surface area contributed by atoms with Crippen LogP contribution in [0, 0.1) is 11.8 Å². The molecule has 1 amide bonds. The molecule has 0 aromatic heterocycles. The lowest BCUT2D eigenvalue weighted by molar-refractivity contribution is -0.126. The van der Waals surface area contributed by atoms with Crippen molar-refractivity contribution in [2.45, 2.75) is 45.2 Å². The molecule has 0 aromatic rings. The van der Waals surface area contributed by atoms with E-state index >= 15 is 0 Å². The Morgan fingerprint density at radius 1 is 1.29 bits per heavy atom. The zero-order valence-corrected chi connectivity index (χ0v) is 11.0. The Labute approximate surface area is 104 Å². The normalized spacial score (nSPS) is 40.1. The van der Waals surface area contributed by atoms with Gasteiger partial charge in [-0.05, 0) is 24.7 Å². The molecule has 3 unspecified atom stereocenters. The molecule has 4 nitrogen and oxygen atoms in total. The predicted octanol–water partition coefficient (Wildman–Crippen LogP) is 0.570. The summed E-state index contributed by atoms with van der Waals surface area (Å²) in [6.45, 7) is 7.28. The summed E-state index contributed by atoms with van der Waals surface area (Å²) in [7, 11) is 0. The number of hydrogen-bond donors (Lipinski definition) is 2. The van der Waals surface area contributed by atoms with Crippen molar-refractivity contribution in [3.05, 3.63) is 0 Å². The number of nitrogens with zero attached hydrogens (tertiary/aromatic N) is 1. The second-order valence-corrected chi connectivity index (χ2v) is 5.74. The molecule has 2 fully saturated rings. The molecule has 4 heteroatoms. The van der Waals surface area contributed by atoms with Crippen LogP contribution < -0.4 is 11.1 Å². The highest BCUT2D eigenvalue weighted by Gasteiger charge is 2.38. The molecule has 98 valence electrons. The Bertz CT molecular complexity index is 272. The van der Waals surface area contributed by atoms with E-state index in [2.05, 4.69) is 24.1 Å². The summed E-state index contributed by atoms with van der Waals surface area (Å²) in [6.07, 6.45) is 3.89. The van der Waals surface area contributed by atoms with E-state index in [1.54, 1.807) is 0 Å². The van der Waals surface area contributed by atoms with Gasteiger partial charge in [0.15, 0.2) is 0 Å². The lowest BCUT2D eigenvalue weighted by Crippen LogP contribution is -2.62.